The van der Waals surface area contributed by atoms with E-state index in [1.165, 1.54) is 4.90 Å². The third-order valence-corrected chi connectivity index (χ3v) is 4.23. The fraction of sp³-hybridized carbons (Fsp3) is 0.100. The SMILES string of the molecule is CN(CC(=O)Nc1ccccc1Cl)C(=O)c1cccc2ccccc12. The Bertz CT molecular complexity index is 934. The summed E-state index contributed by atoms with van der Waals surface area (Å²) < 4.78 is 0. The zero-order valence-electron chi connectivity index (χ0n) is 13.7. The summed E-state index contributed by atoms with van der Waals surface area (Å²) in [5.41, 5.74) is 1.10. The largest absolute Gasteiger partial charge is 0.332 e. The average Bonchev–Trinajstić information content (AvgIpc) is 2.62. The Kier molecular flexibility index (Phi) is 5.00. The van der Waals surface area contributed by atoms with Gasteiger partial charge in [0.25, 0.3) is 5.91 Å². The van der Waals surface area contributed by atoms with Crippen LogP contribution in [0, 0.1) is 0 Å². The molecule has 0 unspecified atom stereocenters. The molecular weight excluding hydrogens is 336 g/mol. The first-order valence-electron chi connectivity index (χ1n) is 7.84. The smallest absolute Gasteiger partial charge is 0.254 e. The first kappa shape index (κ1) is 17.0. The molecule has 0 atom stereocenters. The summed E-state index contributed by atoms with van der Waals surface area (Å²) in [6.07, 6.45) is 0. The van der Waals surface area contributed by atoms with Crippen molar-refractivity contribution in [1.29, 1.82) is 0 Å². The molecule has 0 bridgehead atoms. The van der Waals surface area contributed by atoms with Gasteiger partial charge in [-0.05, 0) is 29.0 Å². The maximum absolute atomic E-state index is 12.7. The van der Waals surface area contributed by atoms with Gasteiger partial charge in [-0.15, -0.1) is 0 Å². The van der Waals surface area contributed by atoms with Crippen molar-refractivity contribution in [2.45, 2.75) is 0 Å². The number of para-hydroxylation sites is 1. The Hall–Kier alpha value is -2.85. The van der Waals surface area contributed by atoms with E-state index in [4.69, 9.17) is 11.6 Å². The summed E-state index contributed by atoms with van der Waals surface area (Å²) in [4.78, 5) is 26.3. The Morgan fingerprint density at radius 1 is 0.960 bits per heavy atom. The average molecular weight is 353 g/mol. The van der Waals surface area contributed by atoms with Gasteiger partial charge in [-0.2, -0.15) is 0 Å². The van der Waals surface area contributed by atoms with Crippen LogP contribution in [0.5, 0.6) is 0 Å². The molecule has 0 aliphatic rings. The zero-order valence-corrected chi connectivity index (χ0v) is 14.5. The molecule has 0 aliphatic heterocycles. The minimum absolute atomic E-state index is 0.0622. The monoisotopic (exact) mass is 352 g/mol. The molecule has 3 aromatic rings. The zero-order chi connectivity index (χ0) is 17.8. The summed E-state index contributed by atoms with van der Waals surface area (Å²) >= 11 is 6.03. The highest BCUT2D eigenvalue weighted by Gasteiger charge is 2.17. The van der Waals surface area contributed by atoms with Gasteiger partial charge in [0.05, 0.1) is 17.3 Å². The van der Waals surface area contributed by atoms with Gasteiger partial charge in [-0.25, -0.2) is 0 Å². The van der Waals surface area contributed by atoms with Crippen LogP contribution in [0.4, 0.5) is 5.69 Å². The fourth-order valence-corrected chi connectivity index (χ4v) is 2.84. The number of carbonyl (C=O) groups excluding carboxylic acids is 2. The van der Waals surface area contributed by atoms with Gasteiger partial charge in [0.1, 0.15) is 0 Å². The van der Waals surface area contributed by atoms with Crippen molar-refractivity contribution in [2.75, 3.05) is 18.9 Å². The highest BCUT2D eigenvalue weighted by atomic mass is 35.5. The number of nitrogens with one attached hydrogen (secondary N) is 1. The minimum Gasteiger partial charge on any atom is -0.332 e. The van der Waals surface area contributed by atoms with E-state index in [-0.39, 0.29) is 18.4 Å². The highest BCUT2D eigenvalue weighted by Crippen LogP contribution is 2.21. The van der Waals surface area contributed by atoms with Crippen LogP contribution in [-0.4, -0.2) is 30.3 Å². The Labute approximate surface area is 151 Å². The molecule has 0 saturated heterocycles. The Morgan fingerprint density at radius 3 is 2.44 bits per heavy atom. The normalized spacial score (nSPS) is 10.5. The van der Waals surface area contributed by atoms with E-state index in [1.807, 2.05) is 36.4 Å². The molecule has 3 aromatic carbocycles. The molecule has 0 radical (unpaired) electrons. The number of amides is 2. The Balaban J connectivity index is 1.74. The molecule has 25 heavy (non-hydrogen) atoms. The number of anilines is 1. The van der Waals surface area contributed by atoms with Crippen molar-refractivity contribution in [3.63, 3.8) is 0 Å². The van der Waals surface area contributed by atoms with Crippen LogP contribution in [0.1, 0.15) is 10.4 Å². The van der Waals surface area contributed by atoms with E-state index < -0.39 is 0 Å². The first-order chi connectivity index (χ1) is 12.1. The van der Waals surface area contributed by atoms with Gasteiger partial charge in [-0.3, -0.25) is 9.59 Å². The maximum atomic E-state index is 12.7. The van der Waals surface area contributed by atoms with Crippen molar-refractivity contribution >= 4 is 39.9 Å². The lowest BCUT2D eigenvalue weighted by Gasteiger charge is -2.18. The molecule has 0 heterocycles. The van der Waals surface area contributed by atoms with Gasteiger partial charge in [-0.1, -0.05) is 60.1 Å². The summed E-state index contributed by atoms with van der Waals surface area (Å²) in [7, 11) is 1.61. The molecule has 0 spiro atoms. The van der Waals surface area contributed by atoms with E-state index in [0.717, 1.165) is 10.8 Å². The number of likely N-dealkylation sites (N-methyl/N-ethyl adjacent to an activating group) is 1. The number of fused-ring (bicyclic) bond motifs is 1. The number of halogens is 1. The number of benzene rings is 3. The summed E-state index contributed by atoms with van der Waals surface area (Å²) in [6.45, 7) is -0.0622. The van der Waals surface area contributed by atoms with Gasteiger partial charge in [0.2, 0.25) is 5.91 Å². The summed E-state index contributed by atoms with van der Waals surface area (Å²) in [5.74, 6) is -0.504. The lowest BCUT2D eigenvalue weighted by molar-refractivity contribution is -0.116. The third-order valence-electron chi connectivity index (χ3n) is 3.90. The second-order valence-electron chi connectivity index (χ2n) is 5.72. The number of nitrogens with zero attached hydrogens (tertiary/aromatic N) is 1. The standard InChI is InChI=1S/C20H17ClN2O2/c1-23(13-19(24)22-18-12-5-4-11-17(18)21)20(25)16-10-6-8-14-7-2-3-9-15(14)16/h2-12H,13H2,1H3,(H,22,24). The predicted molar refractivity (Wildman–Crippen MR) is 101 cm³/mol. The lowest BCUT2D eigenvalue weighted by Crippen LogP contribution is -2.35. The number of hydrogen-bond acceptors (Lipinski definition) is 2. The van der Waals surface area contributed by atoms with Crippen molar-refractivity contribution in [3.05, 3.63) is 77.3 Å². The first-order valence-corrected chi connectivity index (χ1v) is 8.21. The molecule has 5 heteroatoms. The summed E-state index contributed by atoms with van der Waals surface area (Å²) in [6, 6.07) is 20.2. The van der Waals surface area contributed by atoms with Crippen molar-refractivity contribution in [1.82, 2.24) is 4.90 Å². The molecule has 126 valence electrons. The fourth-order valence-electron chi connectivity index (χ4n) is 2.66. The second-order valence-corrected chi connectivity index (χ2v) is 6.12. The minimum atomic E-state index is -0.302. The third kappa shape index (κ3) is 3.80. The number of carbonyl (C=O) groups is 2. The van der Waals surface area contributed by atoms with E-state index in [9.17, 15) is 9.59 Å². The molecule has 0 aromatic heterocycles. The number of hydrogen-bond donors (Lipinski definition) is 1. The van der Waals surface area contributed by atoms with Crippen LogP contribution in [0.2, 0.25) is 5.02 Å². The summed E-state index contributed by atoms with van der Waals surface area (Å²) in [5, 5.41) is 5.03. The van der Waals surface area contributed by atoms with Gasteiger partial charge in [0, 0.05) is 12.6 Å². The lowest BCUT2D eigenvalue weighted by atomic mass is 10.0. The van der Waals surface area contributed by atoms with Crippen molar-refractivity contribution in [2.24, 2.45) is 0 Å². The van der Waals surface area contributed by atoms with E-state index in [1.54, 1.807) is 37.4 Å². The van der Waals surface area contributed by atoms with E-state index in [2.05, 4.69) is 5.32 Å². The van der Waals surface area contributed by atoms with Crippen molar-refractivity contribution < 1.29 is 9.59 Å². The van der Waals surface area contributed by atoms with Gasteiger partial charge in [0.15, 0.2) is 0 Å². The molecule has 1 N–H and O–H groups in total. The van der Waals surface area contributed by atoms with Crippen LogP contribution in [-0.2, 0) is 4.79 Å². The maximum Gasteiger partial charge on any atom is 0.254 e. The van der Waals surface area contributed by atoms with Gasteiger partial charge >= 0.3 is 0 Å². The van der Waals surface area contributed by atoms with Crippen molar-refractivity contribution in [3.8, 4) is 0 Å². The Morgan fingerprint density at radius 2 is 1.64 bits per heavy atom. The molecule has 0 saturated carbocycles. The molecule has 3 rings (SSSR count). The van der Waals surface area contributed by atoms with Crippen LogP contribution < -0.4 is 5.32 Å². The molecule has 0 aliphatic carbocycles. The quantitative estimate of drug-likeness (QED) is 0.764. The van der Waals surface area contributed by atoms with Crippen LogP contribution in [0.3, 0.4) is 0 Å². The van der Waals surface area contributed by atoms with E-state index in [0.29, 0.717) is 16.3 Å². The van der Waals surface area contributed by atoms with Gasteiger partial charge < -0.3 is 10.2 Å². The molecule has 0 fully saturated rings. The molecule has 4 nitrogen and oxygen atoms in total. The predicted octanol–water partition coefficient (Wildman–Crippen LogP) is 4.20. The van der Waals surface area contributed by atoms with Crippen LogP contribution in [0.15, 0.2) is 66.7 Å². The van der Waals surface area contributed by atoms with Crippen LogP contribution in [0.25, 0.3) is 10.8 Å². The molecular formula is C20H17ClN2O2. The van der Waals surface area contributed by atoms with Crippen LogP contribution >= 0.6 is 11.6 Å². The number of rotatable bonds is 4. The topological polar surface area (TPSA) is 49.4 Å². The second kappa shape index (κ2) is 7.36. The van der Waals surface area contributed by atoms with E-state index >= 15 is 0 Å². The highest BCUT2D eigenvalue weighted by molar-refractivity contribution is 6.33. The molecule has 2 amide bonds.